The summed E-state index contributed by atoms with van der Waals surface area (Å²) in [4.78, 5) is 81.3. The molecular weight excluding hydrogens is 472 g/mol. The first-order chi connectivity index (χ1) is 15.9. The van der Waals surface area contributed by atoms with Crippen LogP contribution in [0.5, 0.6) is 0 Å². The fraction of sp³-hybridized carbons (Fsp3) is 0.571. The molecule has 0 radical (unpaired) electrons. The summed E-state index contributed by atoms with van der Waals surface area (Å²) in [5, 5.41) is 4.65. The second kappa shape index (κ2) is 14.1. The van der Waals surface area contributed by atoms with Crippen LogP contribution in [0.1, 0.15) is 33.1 Å². The van der Waals surface area contributed by atoms with Gasteiger partial charge in [0.1, 0.15) is 12.4 Å². The number of cyclic esters (lactones) is 2. The smallest absolute Gasteiger partial charge is 0.466 e. The van der Waals surface area contributed by atoms with Crippen LogP contribution in [0.15, 0.2) is 12.2 Å². The van der Waals surface area contributed by atoms with Crippen molar-refractivity contribution >= 4 is 52.4 Å². The van der Waals surface area contributed by atoms with E-state index in [1.54, 1.807) is 13.8 Å². The van der Waals surface area contributed by atoms with Gasteiger partial charge in [-0.05, 0) is 6.08 Å². The van der Waals surface area contributed by atoms with E-state index >= 15 is 0 Å². The van der Waals surface area contributed by atoms with Crippen LogP contribution in [0.25, 0.3) is 0 Å². The number of allylic oxidation sites excluding steroid dienone is 1. The minimum Gasteiger partial charge on any atom is -0.466 e. The number of amides is 2. The Balaban J connectivity index is 2.19. The largest absolute Gasteiger partial charge is 0.509 e. The van der Waals surface area contributed by atoms with Gasteiger partial charge in [-0.15, -0.1) is 0 Å². The third-order valence-electron chi connectivity index (χ3n) is 4.38. The highest BCUT2D eigenvalue weighted by Gasteiger charge is 2.43. The van der Waals surface area contributed by atoms with Gasteiger partial charge in [0.2, 0.25) is 5.91 Å². The first kappa shape index (κ1) is 28.8. The second-order valence-electron chi connectivity index (χ2n) is 7.85. The first-order valence-electron chi connectivity index (χ1n) is 10.3. The molecule has 0 aliphatic carbocycles. The molecule has 0 saturated carbocycles. The zero-order valence-electron chi connectivity index (χ0n) is 19.2. The van der Waals surface area contributed by atoms with Crippen molar-refractivity contribution in [3.05, 3.63) is 12.2 Å². The Bertz CT molecular complexity index is 852. The summed E-state index contributed by atoms with van der Waals surface area (Å²) in [6.07, 6.45) is -1.13. The van der Waals surface area contributed by atoms with Gasteiger partial charge < -0.3 is 24.8 Å². The average molecular weight is 501 g/mol. The zero-order valence-corrected chi connectivity index (χ0v) is 20.0. The maximum absolute atomic E-state index is 12.2. The number of rotatable bonds is 13. The number of hydrogen-bond acceptors (Lipinski definition) is 11. The monoisotopic (exact) mass is 500 g/mol. The van der Waals surface area contributed by atoms with E-state index in [2.05, 4.69) is 15.4 Å². The summed E-state index contributed by atoms with van der Waals surface area (Å²) >= 11 is 0.835. The van der Waals surface area contributed by atoms with Crippen molar-refractivity contribution in [1.29, 1.82) is 0 Å². The average Bonchev–Trinajstić information content (AvgIpc) is 2.76. The number of Topliss-reactive ketones (excluding diaryl/α,β-unsaturated/α-hetero) is 1. The van der Waals surface area contributed by atoms with E-state index in [1.165, 1.54) is 0 Å². The van der Waals surface area contributed by atoms with Gasteiger partial charge in [-0.3, -0.25) is 24.0 Å². The maximum Gasteiger partial charge on any atom is 0.509 e. The molecule has 1 fully saturated rings. The van der Waals surface area contributed by atoms with Crippen LogP contribution in [-0.2, 0) is 43.0 Å². The summed E-state index contributed by atoms with van der Waals surface area (Å²) in [6.45, 7) is 3.64. The molecular formula is C21H28N2O10S. The minimum atomic E-state index is -1.03. The quantitative estimate of drug-likeness (QED) is 0.152. The van der Waals surface area contributed by atoms with E-state index in [1.807, 2.05) is 0 Å². The third kappa shape index (κ3) is 11.1. The first-order valence-corrected chi connectivity index (χ1v) is 11.3. The molecule has 0 aromatic heterocycles. The van der Waals surface area contributed by atoms with Crippen LogP contribution < -0.4 is 10.6 Å². The van der Waals surface area contributed by atoms with E-state index in [0.29, 0.717) is 0 Å². The van der Waals surface area contributed by atoms with Crippen molar-refractivity contribution < 1.29 is 47.8 Å². The van der Waals surface area contributed by atoms with Gasteiger partial charge >= 0.3 is 12.1 Å². The molecule has 188 valence electrons. The molecule has 13 heteroatoms. The molecule has 34 heavy (non-hydrogen) atoms. The van der Waals surface area contributed by atoms with Crippen LogP contribution in [0, 0.1) is 5.41 Å². The molecule has 0 spiro atoms. The van der Waals surface area contributed by atoms with Crippen LogP contribution in [0.2, 0.25) is 0 Å². The number of esters is 1. The van der Waals surface area contributed by atoms with Crippen LogP contribution in [0.4, 0.5) is 4.79 Å². The molecule has 0 aromatic carbocycles. The Morgan fingerprint density at radius 3 is 2.47 bits per heavy atom. The number of carbonyl (C=O) groups excluding carboxylic acids is 7. The van der Waals surface area contributed by atoms with E-state index in [9.17, 15) is 33.6 Å². The van der Waals surface area contributed by atoms with Crippen molar-refractivity contribution in [2.24, 2.45) is 5.41 Å². The minimum absolute atomic E-state index is 0.0225. The molecule has 2 N–H and O–H groups in total. The van der Waals surface area contributed by atoms with Gasteiger partial charge in [0.15, 0.2) is 17.0 Å². The molecule has 1 aliphatic rings. The normalized spacial score (nSPS) is 16.7. The lowest BCUT2D eigenvalue weighted by Crippen LogP contribution is -2.52. The van der Waals surface area contributed by atoms with Gasteiger partial charge in [0.05, 0.1) is 20.0 Å². The fourth-order valence-corrected chi connectivity index (χ4v) is 3.31. The molecule has 2 amide bonds. The number of ether oxygens (including phenoxy) is 3. The highest BCUT2D eigenvalue weighted by Crippen LogP contribution is 2.28. The molecule has 0 bridgehead atoms. The molecule has 1 atom stereocenters. The lowest BCUT2D eigenvalue weighted by atomic mass is 9.86. The van der Waals surface area contributed by atoms with E-state index < -0.39 is 59.1 Å². The van der Waals surface area contributed by atoms with Gasteiger partial charge in [-0.2, -0.15) is 0 Å². The summed E-state index contributed by atoms with van der Waals surface area (Å²) in [6, 6.07) is 0. The fourth-order valence-electron chi connectivity index (χ4n) is 2.61. The highest BCUT2D eigenvalue weighted by molar-refractivity contribution is 8.13. The van der Waals surface area contributed by atoms with E-state index in [0.717, 1.165) is 31.0 Å². The van der Waals surface area contributed by atoms with Crippen molar-refractivity contribution in [3.8, 4) is 0 Å². The lowest BCUT2D eigenvalue weighted by molar-refractivity contribution is -0.149. The number of methoxy groups -OCH3 is 1. The van der Waals surface area contributed by atoms with E-state index in [4.69, 9.17) is 9.47 Å². The molecule has 1 aliphatic heterocycles. The summed E-state index contributed by atoms with van der Waals surface area (Å²) in [7, 11) is 1.15. The maximum atomic E-state index is 12.2. The van der Waals surface area contributed by atoms with E-state index in [-0.39, 0.29) is 37.8 Å². The van der Waals surface area contributed by atoms with Crippen molar-refractivity contribution in [2.45, 2.75) is 39.2 Å². The Kier molecular flexibility index (Phi) is 12.0. The van der Waals surface area contributed by atoms with Crippen molar-refractivity contribution in [1.82, 2.24) is 10.6 Å². The Labute approximate surface area is 200 Å². The van der Waals surface area contributed by atoms with Gasteiger partial charge in [-0.25, -0.2) is 9.59 Å². The number of nitrogens with one attached hydrogen (secondary N) is 2. The summed E-state index contributed by atoms with van der Waals surface area (Å²) < 4.78 is 14.0. The standard InChI is InChI=1S/C21H28N2O10S/c1-21(2)12-32-20(30)33-18(21)19(29)23-7-6-15(26)22-8-9-34-17(28)11-14(25)10-13(24)4-5-16(27)31-3/h4-5,18H,6-12H2,1-3H3,(H,22,26)(H,23,29)/b5-4+/t18-/m0/s1. The Morgan fingerprint density at radius 2 is 1.79 bits per heavy atom. The van der Waals surface area contributed by atoms with Crippen LogP contribution in [0.3, 0.4) is 0 Å². The third-order valence-corrected chi connectivity index (χ3v) is 5.26. The highest BCUT2D eigenvalue weighted by atomic mass is 32.2. The van der Waals surface area contributed by atoms with Gasteiger partial charge in [0, 0.05) is 36.8 Å². The van der Waals surface area contributed by atoms with Gasteiger partial charge in [0.25, 0.3) is 5.91 Å². The topological polar surface area (TPSA) is 171 Å². The molecule has 1 rings (SSSR count). The molecule has 1 saturated heterocycles. The predicted molar refractivity (Wildman–Crippen MR) is 119 cm³/mol. The van der Waals surface area contributed by atoms with Crippen LogP contribution in [-0.4, -0.2) is 79.3 Å². The number of carbonyl (C=O) groups is 7. The number of thioether (sulfide) groups is 1. The molecule has 0 unspecified atom stereocenters. The SMILES string of the molecule is COC(=O)/C=C/C(=O)CC(=O)CC(=O)SCCNC(=O)CCNC(=O)[C@@H]1OC(=O)OCC1(C)C. The Morgan fingerprint density at radius 1 is 1.09 bits per heavy atom. The zero-order chi connectivity index (χ0) is 25.7. The second-order valence-corrected chi connectivity index (χ2v) is 9.00. The van der Waals surface area contributed by atoms with Crippen molar-refractivity contribution in [2.75, 3.05) is 32.6 Å². The molecule has 12 nitrogen and oxygen atoms in total. The summed E-state index contributed by atoms with van der Waals surface area (Å²) in [5.41, 5.74) is -0.710. The van der Waals surface area contributed by atoms with Crippen molar-refractivity contribution in [3.63, 3.8) is 0 Å². The lowest BCUT2D eigenvalue weighted by Gasteiger charge is -2.35. The molecule has 1 heterocycles. The number of ketones is 2. The van der Waals surface area contributed by atoms with Crippen LogP contribution >= 0.6 is 11.8 Å². The molecule has 0 aromatic rings. The van der Waals surface area contributed by atoms with Gasteiger partial charge in [-0.1, -0.05) is 25.6 Å². The Hall–Kier alpha value is -3.22. The number of hydrogen-bond donors (Lipinski definition) is 2. The predicted octanol–water partition coefficient (Wildman–Crippen LogP) is 0.0779. The summed E-state index contributed by atoms with van der Waals surface area (Å²) in [5.74, 6) is -2.62.